The third-order valence-electron chi connectivity index (χ3n) is 10.6. The summed E-state index contributed by atoms with van der Waals surface area (Å²) in [5.41, 5.74) is -0.772. The second-order valence-corrected chi connectivity index (χ2v) is 17.4. The first-order valence-corrected chi connectivity index (χ1v) is 21.4. The van der Waals surface area contributed by atoms with Gasteiger partial charge in [-0.25, -0.2) is 9.59 Å². The van der Waals surface area contributed by atoms with Gasteiger partial charge in [-0.1, -0.05) is 92.9 Å². The van der Waals surface area contributed by atoms with Crippen LogP contribution in [0.5, 0.6) is 0 Å². The number of esters is 1. The fraction of sp³-hybridized carbons (Fsp3) is 0.833. The first-order chi connectivity index (χ1) is 27.0. The average Bonchev–Trinajstić information content (AvgIpc) is 3.14. The molecule has 0 unspecified atom stereocenters. The zero-order valence-electron chi connectivity index (χ0n) is 37.3. The molecular weight excluding hydrogens is 748 g/mol. The van der Waals surface area contributed by atoms with Crippen molar-refractivity contribution in [3.63, 3.8) is 0 Å². The lowest BCUT2D eigenvalue weighted by atomic mass is 9.94. The summed E-state index contributed by atoms with van der Waals surface area (Å²) in [6, 6.07) is -6.38. The maximum atomic E-state index is 14.3. The Morgan fingerprint density at radius 1 is 0.810 bits per heavy atom. The van der Waals surface area contributed by atoms with E-state index in [1.165, 1.54) is 31.7 Å². The monoisotopic (exact) mass is 825 g/mol. The quantitative estimate of drug-likeness (QED) is 0.0895. The van der Waals surface area contributed by atoms with Crippen LogP contribution in [-0.2, 0) is 38.2 Å². The highest BCUT2D eigenvalue weighted by Gasteiger charge is 2.40. The lowest BCUT2D eigenvalue weighted by Gasteiger charge is -2.34. The highest BCUT2D eigenvalue weighted by atomic mass is 16.5. The predicted octanol–water partition coefficient (Wildman–Crippen LogP) is 4.43. The second kappa shape index (κ2) is 25.5. The highest BCUT2D eigenvalue weighted by molar-refractivity contribution is 5.97. The minimum absolute atomic E-state index is 0.0398. The van der Waals surface area contributed by atoms with Gasteiger partial charge < -0.3 is 46.1 Å². The van der Waals surface area contributed by atoms with Crippen molar-refractivity contribution < 1.29 is 48.1 Å². The van der Waals surface area contributed by atoms with Gasteiger partial charge in [0.05, 0.1) is 24.2 Å². The summed E-state index contributed by atoms with van der Waals surface area (Å²) >= 11 is 0. The molecule has 1 aliphatic rings. The molecule has 0 saturated carbocycles. The molecule has 1 aliphatic heterocycles. The zero-order chi connectivity index (χ0) is 44.3. The van der Waals surface area contributed by atoms with Crippen LogP contribution in [0, 0.1) is 17.8 Å². The van der Waals surface area contributed by atoms with E-state index < -0.39 is 108 Å². The van der Waals surface area contributed by atoms with Gasteiger partial charge in [0.25, 0.3) is 0 Å². The molecule has 6 amide bonds. The number of carbonyl (C=O) groups excluding carboxylic acids is 6. The molecule has 58 heavy (non-hydrogen) atoms. The average molecular weight is 825 g/mol. The maximum absolute atomic E-state index is 14.3. The Balaban J connectivity index is 3.80. The molecule has 1 heterocycles. The van der Waals surface area contributed by atoms with Crippen LogP contribution in [0.25, 0.3) is 0 Å². The van der Waals surface area contributed by atoms with Crippen molar-refractivity contribution in [3.8, 4) is 0 Å². The molecule has 1 rings (SSSR count). The van der Waals surface area contributed by atoms with E-state index in [9.17, 15) is 38.7 Å². The number of hydrogen-bond acceptors (Lipinski definition) is 9. The van der Waals surface area contributed by atoms with Gasteiger partial charge in [0, 0.05) is 7.05 Å². The third kappa shape index (κ3) is 18.3. The van der Waals surface area contributed by atoms with Crippen LogP contribution >= 0.6 is 0 Å². The minimum Gasteiger partial charge on any atom is -0.465 e. The van der Waals surface area contributed by atoms with Crippen molar-refractivity contribution in [2.45, 2.75) is 195 Å². The van der Waals surface area contributed by atoms with Gasteiger partial charge in [-0.2, -0.15) is 0 Å². The Labute approximate surface area is 346 Å². The van der Waals surface area contributed by atoms with Crippen LogP contribution in [-0.4, -0.2) is 113 Å². The van der Waals surface area contributed by atoms with Crippen LogP contribution < -0.4 is 26.6 Å². The fourth-order valence-corrected chi connectivity index (χ4v) is 6.91. The van der Waals surface area contributed by atoms with Gasteiger partial charge >= 0.3 is 12.1 Å². The molecule has 0 spiro atoms. The number of nitrogens with one attached hydrogen (secondary N) is 5. The Morgan fingerprint density at radius 2 is 1.36 bits per heavy atom. The van der Waals surface area contributed by atoms with Crippen LogP contribution in [0.1, 0.15) is 147 Å². The second-order valence-electron chi connectivity index (χ2n) is 17.4. The number of amides is 6. The van der Waals surface area contributed by atoms with E-state index in [0.29, 0.717) is 19.3 Å². The predicted molar refractivity (Wildman–Crippen MR) is 221 cm³/mol. The van der Waals surface area contributed by atoms with Crippen molar-refractivity contribution in [2.75, 3.05) is 13.6 Å². The molecule has 0 aliphatic carbocycles. The number of nitrogens with zero attached hydrogens (tertiary/aromatic N) is 1. The summed E-state index contributed by atoms with van der Waals surface area (Å²) in [4.78, 5) is 96.9. The maximum Gasteiger partial charge on any atom is 0.404 e. The van der Waals surface area contributed by atoms with Crippen molar-refractivity contribution in [1.29, 1.82) is 0 Å². The molecule has 334 valence electrons. The Morgan fingerprint density at radius 3 is 1.90 bits per heavy atom. The molecule has 0 aromatic rings. The number of carbonyl (C=O) groups is 7. The Hall–Kier alpha value is -3.95. The summed E-state index contributed by atoms with van der Waals surface area (Å²) in [5.74, 6) is -5.66. The topological polar surface area (TPSA) is 222 Å². The van der Waals surface area contributed by atoms with Crippen LogP contribution in [0.15, 0.2) is 0 Å². The molecule has 0 radical (unpaired) electrons. The number of carboxylic acid groups (broad SMARTS) is 1. The zero-order valence-corrected chi connectivity index (χ0v) is 37.3. The lowest BCUT2D eigenvalue weighted by molar-refractivity contribution is -0.160. The summed E-state index contributed by atoms with van der Waals surface area (Å²) in [6.07, 6.45) is 6.06. The number of likely N-dealkylation sites (N-methyl/N-ethyl adjacent to an activating group) is 1. The molecular formula is C42H76N6O10. The molecule has 0 aromatic carbocycles. The largest absolute Gasteiger partial charge is 0.465 e. The number of ether oxygens (including phenoxy) is 2. The SMILES string of the molecule is CCCCCCCCCC[C@H]1OC(=O)[C@H](C)NC(=O)[C@H]([C@H](C)OC(C)(C)C)NC(=O)[C@H](CNC(=O)O)NC(=O)[C@H]([C@H](C)CC)NC(=O)[C@H](CC(C)C)N(C)C(=O)[C@@H]1C. The molecule has 0 bridgehead atoms. The molecule has 0 aromatic heterocycles. The first kappa shape index (κ1) is 52.1. The minimum atomic E-state index is -1.54. The number of unbranched alkanes of at least 4 members (excludes halogenated alkanes) is 7. The van der Waals surface area contributed by atoms with Gasteiger partial charge in [0.1, 0.15) is 36.3 Å². The summed E-state index contributed by atoms with van der Waals surface area (Å²) in [5, 5.41) is 22.1. The molecule has 16 heteroatoms. The smallest absolute Gasteiger partial charge is 0.404 e. The molecule has 1 fully saturated rings. The van der Waals surface area contributed by atoms with E-state index in [0.717, 1.165) is 32.1 Å². The van der Waals surface area contributed by atoms with Crippen molar-refractivity contribution in [2.24, 2.45) is 17.8 Å². The first-order valence-electron chi connectivity index (χ1n) is 21.4. The van der Waals surface area contributed by atoms with Crippen LogP contribution in [0.4, 0.5) is 4.79 Å². The molecule has 9 atom stereocenters. The normalized spacial score (nSPS) is 25.9. The van der Waals surface area contributed by atoms with Crippen LogP contribution in [0.3, 0.4) is 0 Å². The Bertz CT molecular complexity index is 1350. The van der Waals surface area contributed by atoms with Crippen molar-refractivity contribution >= 4 is 41.6 Å². The van der Waals surface area contributed by atoms with E-state index in [4.69, 9.17) is 9.47 Å². The molecule has 1 saturated heterocycles. The fourth-order valence-electron chi connectivity index (χ4n) is 6.91. The molecule has 16 nitrogen and oxygen atoms in total. The molecule has 6 N–H and O–H groups in total. The van der Waals surface area contributed by atoms with E-state index in [-0.39, 0.29) is 12.3 Å². The highest BCUT2D eigenvalue weighted by Crippen LogP contribution is 2.23. The van der Waals surface area contributed by atoms with Crippen molar-refractivity contribution in [3.05, 3.63) is 0 Å². The van der Waals surface area contributed by atoms with Gasteiger partial charge in [-0.15, -0.1) is 0 Å². The number of hydrogen-bond donors (Lipinski definition) is 6. The third-order valence-corrected chi connectivity index (χ3v) is 10.6. The van der Waals surface area contributed by atoms with Crippen molar-refractivity contribution in [1.82, 2.24) is 31.5 Å². The van der Waals surface area contributed by atoms with E-state index in [2.05, 4.69) is 33.5 Å². The number of cyclic esters (lactones) is 1. The van der Waals surface area contributed by atoms with E-state index >= 15 is 0 Å². The van der Waals surface area contributed by atoms with Crippen LogP contribution in [0.2, 0.25) is 0 Å². The van der Waals surface area contributed by atoms with Gasteiger partial charge in [0.15, 0.2) is 0 Å². The Kier molecular flexibility index (Phi) is 22.9. The summed E-state index contributed by atoms with van der Waals surface area (Å²) < 4.78 is 12.1. The summed E-state index contributed by atoms with van der Waals surface area (Å²) in [7, 11) is 1.52. The standard InChI is InChI=1S/C42H76N6O10/c1-13-15-16-17-18-19-20-21-22-32-27(6)39(53)48(12)31(23-25(3)4)36(50)46-33(26(5)14-2)37(51)45-30(24-43-41(55)56)35(49)47-34(29(8)58-42(9,10)11)38(52)44-28(7)40(54)57-32/h25-34,43H,13-24H2,1-12H3,(H,44,52)(H,45,51)(H,46,50)(H,47,49)(H,55,56)/t26-,27-,28+,29+,30+,31+,32-,33+,34+/m1/s1. The number of rotatable bonds is 17. The van der Waals surface area contributed by atoms with Gasteiger partial charge in [0.2, 0.25) is 29.5 Å². The van der Waals surface area contributed by atoms with E-state index in [1.54, 1.807) is 41.5 Å². The summed E-state index contributed by atoms with van der Waals surface area (Å²) in [6.45, 7) is 18.9. The van der Waals surface area contributed by atoms with E-state index in [1.807, 2.05) is 20.8 Å². The lowest BCUT2D eigenvalue weighted by Crippen LogP contribution is -2.63. The van der Waals surface area contributed by atoms with Gasteiger partial charge in [-0.05, 0) is 65.7 Å². The van der Waals surface area contributed by atoms with Gasteiger partial charge in [-0.3, -0.25) is 24.0 Å².